The van der Waals surface area contributed by atoms with E-state index in [0.717, 1.165) is 12.0 Å². The lowest BCUT2D eigenvalue weighted by Crippen LogP contribution is -2.02. The fraction of sp³-hybridized carbons (Fsp3) is 0.375. The molecule has 0 saturated carbocycles. The summed E-state index contributed by atoms with van der Waals surface area (Å²) in [5, 5.41) is 0.426. The van der Waals surface area contributed by atoms with Crippen LogP contribution in [0.4, 0.5) is 0 Å². The SMILES string of the molecule is CCOC(=O)c1ccc(SOOC)o1. The lowest BCUT2D eigenvalue weighted by Gasteiger charge is -1.96. The third-order valence-electron chi connectivity index (χ3n) is 1.24. The Morgan fingerprint density at radius 2 is 2.36 bits per heavy atom. The van der Waals surface area contributed by atoms with Crippen LogP contribution < -0.4 is 0 Å². The van der Waals surface area contributed by atoms with Crippen LogP contribution in [0.1, 0.15) is 17.5 Å². The molecule has 14 heavy (non-hydrogen) atoms. The Labute approximate surface area is 85.4 Å². The normalized spacial score (nSPS) is 10.1. The van der Waals surface area contributed by atoms with Crippen LogP contribution in [0.5, 0.6) is 0 Å². The van der Waals surface area contributed by atoms with E-state index in [9.17, 15) is 4.79 Å². The third kappa shape index (κ3) is 3.06. The van der Waals surface area contributed by atoms with Crippen molar-refractivity contribution in [3.63, 3.8) is 0 Å². The van der Waals surface area contributed by atoms with E-state index < -0.39 is 5.97 Å². The first-order chi connectivity index (χ1) is 6.77. The Kier molecular flexibility index (Phi) is 4.51. The zero-order valence-corrected chi connectivity index (χ0v) is 8.63. The molecule has 0 atom stereocenters. The Hall–Kier alpha value is -0.980. The van der Waals surface area contributed by atoms with Crippen LogP contribution in [-0.2, 0) is 14.0 Å². The minimum atomic E-state index is -0.489. The predicted molar refractivity (Wildman–Crippen MR) is 48.6 cm³/mol. The molecule has 78 valence electrons. The van der Waals surface area contributed by atoms with Gasteiger partial charge in [-0.15, -0.1) is 0 Å². The summed E-state index contributed by atoms with van der Waals surface area (Å²) in [6.07, 6.45) is 0. The van der Waals surface area contributed by atoms with Crippen molar-refractivity contribution in [1.29, 1.82) is 0 Å². The van der Waals surface area contributed by atoms with Crippen molar-refractivity contribution < 1.29 is 23.2 Å². The molecule has 0 amide bonds. The first-order valence-corrected chi connectivity index (χ1v) is 4.66. The summed E-state index contributed by atoms with van der Waals surface area (Å²) in [5.74, 6) is -0.342. The number of esters is 1. The first-order valence-electron chi connectivity index (χ1n) is 3.92. The molecule has 0 N–H and O–H groups in total. The first kappa shape index (κ1) is 11.1. The summed E-state index contributed by atoms with van der Waals surface area (Å²) >= 11 is 0.880. The molecule has 0 radical (unpaired) electrons. The molecule has 1 heterocycles. The van der Waals surface area contributed by atoms with Crippen LogP contribution in [-0.4, -0.2) is 19.7 Å². The number of ether oxygens (including phenoxy) is 1. The predicted octanol–water partition coefficient (Wildman–Crippen LogP) is 2.04. The Balaban J connectivity index is 2.54. The van der Waals surface area contributed by atoms with Crippen molar-refractivity contribution in [1.82, 2.24) is 0 Å². The third-order valence-corrected chi connectivity index (χ3v) is 1.83. The summed E-state index contributed by atoms with van der Waals surface area (Å²) in [7, 11) is 1.38. The van der Waals surface area contributed by atoms with E-state index in [-0.39, 0.29) is 5.76 Å². The molecular formula is C8H10O5S. The second-order valence-corrected chi connectivity index (χ2v) is 2.86. The largest absolute Gasteiger partial charge is 0.460 e. The topological polar surface area (TPSA) is 57.9 Å². The van der Waals surface area contributed by atoms with E-state index in [1.54, 1.807) is 13.0 Å². The average molecular weight is 218 g/mol. The fourth-order valence-corrected chi connectivity index (χ4v) is 1.13. The monoisotopic (exact) mass is 218 g/mol. The minimum absolute atomic E-state index is 0.147. The van der Waals surface area contributed by atoms with Gasteiger partial charge in [0, 0.05) is 0 Å². The lowest BCUT2D eigenvalue weighted by molar-refractivity contribution is -0.160. The maximum absolute atomic E-state index is 11.1. The Morgan fingerprint density at radius 3 is 3.00 bits per heavy atom. The van der Waals surface area contributed by atoms with E-state index in [0.29, 0.717) is 11.7 Å². The van der Waals surface area contributed by atoms with Crippen LogP contribution in [0.25, 0.3) is 0 Å². The van der Waals surface area contributed by atoms with Gasteiger partial charge in [-0.25, -0.2) is 9.68 Å². The van der Waals surface area contributed by atoms with Gasteiger partial charge in [0.15, 0.2) is 5.09 Å². The molecule has 0 aromatic carbocycles. The second-order valence-electron chi connectivity index (χ2n) is 2.16. The number of carbonyl (C=O) groups excluding carboxylic acids is 1. The van der Waals surface area contributed by atoms with Crippen LogP contribution >= 0.6 is 12.0 Å². The van der Waals surface area contributed by atoms with Gasteiger partial charge in [-0.2, -0.15) is 4.33 Å². The number of carbonyl (C=O) groups is 1. The van der Waals surface area contributed by atoms with Crippen LogP contribution in [0, 0.1) is 0 Å². The number of hydrogen-bond donors (Lipinski definition) is 0. The highest BCUT2D eigenvalue weighted by atomic mass is 32.2. The highest BCUT2D eigenvalue weighted by Gasteiger charge is 2.12. The molecule has 5 nitrogen and oxygen atoms in total. The fourth-order valence-electron chi connectivity index (χ4n) is 0.744. The van der Waals surface area contributed by atoms with Gasteiger partial charge in [0.25, 0.3) is 0 Å². The number of furan rings is 1. The van der Waals surface area contributed by atoms with Crippen molar-refractivity contribution in [2.24, 2.45) is 0 Å². The van der Waals surface area contributed by atoms with Gasteiger partial charge in [0.2, 0.25) is 5.76 Å². The molecule has 1 rings (SSSR count). The standard InChI is InChI=1S/C8H10O5S/c1-3-11-8(9)6-4-5-7(12-6)14-13-10-2/h4-5H,3H2,1-2H3. The summed E-state index contributed by atoms with van der Waals surface area (Å²) in [5.41, 5.74) is 0. The lowest BCUT2D eigenvalue weighted by atomic mass is 10.5. The van der Waals surface area contributed by atoms with E-state index in [4.69, 9.17) is 9.15 Å². The molecule has 0 aliphatic carbocycles. The molecule has 0 spiro atoms. The van der Waals surface area contributed by atoms with Crippen molar-refractivity contribution >= 4 is 18.0 Å². The van der Waals surface area contributed by atoms with Crippen molar-refractivity contribution in [2.45, 2.75) is 12.0 Å². The molecule has 1 aromatic heterocycles. The minimum Gasteiger partial charge on any atom is -0.460 e. The molecule has 0 saturated heterocycles. The Bertz CT molecular complexity index is 296. The van der Waals surface area contributed by atoms with E-state index in [1.165, 1.54) is 13.2 Å². The van der Waals surface area contributed by atoms with Crippen LogP contribution in [0.2, 0.25) is 0 Å². The number of rotatable bonds is 5. The summed E-state index contributed by atoms with van der Waals surface area (Å²) in [4.78, 5) is 15.5. The summed E-state index contributed by atoms with van der Waals surface area (Å²) in [6, 6.07) is 3.11. The summed E-state index contributed by atoms with van der Waals surface area (Å²) in [6.45, 7) is 2.04. The van der Waals surface area contributed by atoms with Gasteiger partial charge < -0.3 is 9.15 Å². The molecule has 0 fully saturated rings. The van der Waals surface area contributed by atoms with Crippen molar-refractivity contribution in [2.75, 3.05) is 13.7 Å². The van der Waals surface area contributed by atoms with Gasteiger partial charge in [0.05, 0.1) is 13.7 Å². The van der Waals surface area contributed by atoms with Gasteiger partial charge >= 0.3 is 5.97 Å². The van der Waals surface area contributed by atoms with E-state index in [2.05, 4.69) is 9.22 Å². The summed E-state index contributed by atoms with van der Waals surface area (Å²) < 4.78 is 14.4. The van der Waals surface area contributed by atoms with E-state index in [1.807, 2.05) is 0 Å². The Morgan fingerprint density at radius 1 is 1.57 bits per heavy atom. The van der Waals surface area contributed by atoms with Crippen molar-refractivity contribution in [3.8, 4) is 0 Å². The maximum atomic E-state index is 11.1. The maximum Gasteiger partial charge on any atom is 0.374 e. The average Bonchev–Trinajstić information content (AvgIpc) is 2.63. The molecule has 0 bridgehead atoms. The molecule has 0 unspecified atom stereocenters. The quantitative estimate of drug-likeness (QED) is 0.326. The molecule has 1 aromatic rings. The zero-order chi connectivity index (χ0) is 10.4. The van der Waals surface area contributed by atoms with Crippen LogP contribution in [0.15, 0.2) is 21.6 Å². The smallest absolute Gasteiger partial charge is 0.374 e. The molecule has 0 aliphatic rings. The molecule has 6 heteroatoms. The van der Waals surface area contributed by atoms with Gasteiger partial charge in [-0.3, -0.25) is 0 Å². The van der Waals surface area contributed by atoms with Gasteiger partial charge in [-0.05, 0) is 19.1 Å². The zero-order valence-electron chi connectivity index (χ0n) is 7.81. The second kappa shape index (κ2) is 5.69. The number of hydrogen-bond acceptors (Lipinski definition) is 6. The molecular weight excluding hydrogens is 208 g/mol. The van der Waals surface area contributed by atoms with Gasteiger partial charge in [-0.1, -0.05) is 0 Å². The van der Waals surface area contributed by atoms with E-state index >= 15 is 0 Å². The van der Waals surface area contributed by atoms with Gasteiger partial charge in [0.1, 0.15) is 12.0 Å². The highest BCUT2D eigenvalue weighted by Crippen LogP contribution is 2.22. The molecule has 0 aliphatic heterocycles. The van der Waals surface area contributed by atoms with Crippen molar-refractivity contribution in [3.05, 3.63) is 17.9 Å². The highest BCUT2D eigenvalue weighted by molar-refractivity contribution is 7.94. The van der Waals surface area contributed by atoms with Crippen LogP contribution in [0.3, 0.4) is 0 Å².